The first-order valence-electron chi connectivity index (χ1n) is 9.01. The van der Waals surface area contributed by atoms with E-state index in [1.165, 1.54) is 5.56 Å². The molecule has 0 aliphatic rings. The number of imidazole rings is 1. The molecule has 0 amide bonds. The lowest BCUT2D eigenvalue weighted by molar-refractivity contribution is -0.742. The zero-order chi connectivity index (χ0) is 22.8. The first kappa shape index (κ1) is 25.1. The van der Waals surface area contributed by atoms with Crippen molar-refractivity contribution >= 4 is 46.6 Å². The quantitative estimate of drug-likeness (QED) is 0.168. The number of benzene rings is 2. The normalized spacial score (nSPS) is 11.4. The molecule has 0 fully saturated rings. The highest BCUT2D eigenvalue weighted by Gasteiger charge is 2.15. The molecular weight excluding hydrogens is 485 g/mol. The van der Waals surface area contributed by atoms with E-state index in [0.29, 0.717) is 20.3 Å². The SMILES string of the molecule is COc1ccc(CCC(Cn2ccnc2)Sc2cc(Cl)c(Cl)cc2Cl)cc1.O=[N+]([O-])O. The van der Waals surface area contributed by atoms with E-state index in [4.69, 9.17) is 54.9 Å². The molecule has 0 aliphatic carbocycles. The molecule has 166 valence electrons. The number of hydrogen-bond donors (Lipinski definition) is 1. The summed E-state index contributed by atoms with van der Waals surface area (Å²) in [7, 11) is 1.67. The van der Waals surface area contributed by atoms with Crippen LogP contribution in [-0.2, 0) is 13.0 Å². The summed E-state index contributed by atoms with van der Waals surface area (Å²) in [6, 6.07) is 11.7. The Hall–Kier alpha value is -2.13. The summed E-state index contributed by atoms with van der Waals surface area (Å²) < 4.78 is 7.31. The minimum atomic E-state index is -1.50. The lowest BCUT2D eigenvalue weighted by Crippen LogP contribution is -2.13. The molecule has 1 aromatic heterocycles. The van der Waals surface area contributed by atoms with E-state index in [1.807, 2.05) is 30.7 Å². The van der Waals surface area contributed by atoms with Crippen LogP contribution >= 0.6 is 46.6 Å². The summed E-state index contributed by atoms with van der Waals surface area (Å²) in [5.74, 6) is 0.866. The first-order valence-corrected chi connectivity index (χ1v) is 11.0. The third-order valence-corrected chi connectivity index (χ3v) is 6.61. The van der Waals surface area contributed by atoms with Crippen LogP contribution in [0.2, 0.25) is 15.1 Å². The maximum atomic E-state index is 8.36. The zero-order valence-corrected chi connectivity index (χ0v) is 19.5. The summed E-state index contributed by atoms with van der Waals surface area (Å²) >= 11 is 20.3. The van der Waals surface area contributed by atoms with Crippen LogP contribution in [0.3, 0.4) is 0 Å². The molecule has 0 bridgehead atoms. The van der Waals surface area contributed by atoms with Gasteiger partial charge in [-0.25, -0.2) is 4.98 Å². The average Bonchev–Trinajstić information content (AvgIpc) is 3.23. The minimum absolute atomic E-state index is 0.302. The van der Waals surface area contributed by atoms with Gasteiger partial charge in [0.05, 0.1) is 28.5 Å². The molecule has 1 N–H and O–H groups in total. The molecule has 1 atom stereocenters. The number of halogens is 3. The highest BCUT2D eigenvalue weighted by Crippen LogP contribution is 2.38. The number of aromatic nitrogens is 2. The summed E-state index contributed by atoms with van der Waals surface area (Å²) in [6.45, 7) is 0.831. The number of aryl methyl sites for hydroxylation is 1. The molecule has 1 unspecified atom stereocenters. The molecule has 0 aliphatic heterocycles. The molecule has 1 heterocycles. The molecule has 0 radical (unpaired) electrons. The van der Waals surface area contributed by atoms with Crippen molar-refractivity contribution in [3.8, 4) is 5.75 Å². The molecule has 0 spiro atoms. The lowest BCUT2D eigenvalue weighted by atomic mass is 10.1. The number of methoxy groups -OCH3 is 1. The van der Waals surface area contributed by atoms with Gasteiger partial charge in [-0.1, -0.05) is 46.9 Å². The van der Waals surface area contributed by atoms with Gasteiger partial charge in [0.15, 0.2) is 0 Å². The standard InChI is InChI=1S/C20H19Cl3N2OS.HNO3/c1-26-15-5-2-14(3-6-15)4-7-16(12-25-9-8-24-13-25)27-20-11-18(22)17(21)10-19(20)23;2-1(3)4/h2-3,5-6,8-11,13,16H,4,7,12H2,1H3;(H,2,3,4). The average molecular weight is 505 g/mol. The van der Waals surface area contributed by atoms with Crippen LogP contribution in [0.1, 0.15) is 12.0 Å². The van der Waals surface area contributed by atoms with Crippen molar-refractivity contribution in [2.45, 2.75) is 29.5 Å². The van der Waals surface area contributed by atoms with Crippen molar-refractivity contribution in [2.75, 3.05) is 7.11 Å². The van der Waals surface area contributed by atoms with Crippen LogP contribution < -0.4 is 4.74 Å². The Morgan fingerprint density at radius 2 is 1.84 bits per heavy atom. The number of rotatable bonds is 8. The molecular formula is C20H20Cl3N3O4S. The Morgan fingerprint density at radius 1 is 1.19 bits per heavy atom. The molecule has 7 nitrogen and oxygen atoms in total. The summed E-state index contributed by atoms with van der Waals surface area (Å²) in [4.78, 5) is 13.4. The number of thioether (sulfide) groups is 1. The molecule has 3 rings (SSSR count). The predicted octanol–water partition coefficient (Wildman–Crippen LogP) is 6.30. The maximum absolute atomic E-state index is 8.36. The second kappa shape index (κ2) is 12.7. The Balaban J connectivity index is 0.000000785. The van der Waals surface area contributed by atoms with Crippen molar-refractivity contribution in [3.05, 3.63) is 85.9 Å². The summed E-state index contributed by atoms with van der Waals surface area (Å²) in [6.07, 6.45) is 7.52. The lowest BCUT2D eigenvalue weighted by Gasteiger charge is -2.18. The largest absolute Gasteiger partial charge is 0.497 e. The van der Waals surface area contributed by atoms with Crippen LogP contribution in [0.5, 0.6) is 5.75 Å². The van der Waals surface area contributed by atoms with Crippen molar-refractivity contribution in [1.82, 2.24) is 9.55 Å². The fourth-order valence-electron chi connectivity index (χ4n) is 2.71. The van der Waals surface area contributed by atoms with Gasteiger partial charge in [0.25, 0.3) is 5.09 Å². The van der Waals surface area contributed by atoms with Crippen LogP contribution in [0, 0.1) is 10.1 Å². The second-order valence-electron chi connectivity index (χ2n) is 6.32. The summed E-state index contributed by atoms with van der Waals surface area (Å²) in [5, 5.41) is 15.5. The number of hydrogen-bond acceptors (Lipinski definition) is 5. The molecule has 2 aromatic carbocycles. The molecule has 0 saturated heterocycles. The Labute approximate surface area is 199 Å². The molecule has 31 heavy (non-hydrogen) atoms. The van der Waals surface area contributed by atoms with Gasteiger partial charge < -0.3 is 14.5 Å². The van der Waals surface area contributed by atoms with Gasteiger partial charge in [0.2, 0.25) is 0 Å². The van der Waals surface area contributed by atoms with Gasteiger partial charge in [-0.05, 0) is 42.7 Å². The first-order chi connectivity index (χ1) is 14.8. The van der Waals surface area contributed by atoms with E-state index in [-0.39, 0.29) is 0 Å². The fourth-order valence-corrected chi connectivity index (χ4v) is 4.66. The predicted molar refractivity (Wildman–Crippen MR) is 123 cm³/mol. The monoisotopic (exact) mass is 503 g/mol. The van der Waals surface area contributed by atoms with Crippen LogP contribution in [0.25, 0.3) is 0 Å². The zero-order valence-electron chi connectivity index (χ0n) is 16.5. The Morgan fingerprint density at radius 3 is 2.42 bits per heavy atom. The third-order valence-electron chi connectivity index (χ3n) is 4.16. The minimum Gasteiger partial charge on any atom is -0.497 e. The van der Waals surface area contributed by atoms with Crippen molar-refractivity contribution in [1.29, 1.82) is 0 Å². The van der Waals surface area contributed by atoms with E-state index < -0.39 is 5.09 Å². The van der Waals surface area contributed by atoms with Crippen LogP contribution in [0.4, 0.5) is 0 Å². The van der Waals surface area contributed by atoms with Crippen LogP contribution in [0.15, 0.2) is 60.0 Å². The summed E-state index contributed by atoms with van der Waals surface area (Å²) in [5.41, 5.74) is 1.27. The van der Waals surface area contributed by atoms with Crippen molar-refractivity contribution < 1.29 is 15.0 Å². The van der Waals surface area contributed by atoms with Crippen molar-refractivity contribution in [3.63, 3.8) is 0 Å². The molecule has 0 saturated carbocycles. The van der Waals surface area contributed by atoms with Crippen molar-refractivity contribution in [2.24, 2.45) is 0 Å². The van der Waals surface area contributed by atoms with Gasteiger partial charge in [-0.15, -0.1) is 21.9 Å². The number of nitrogens with zero attached hydrogens (tertiary/aromatic N) is 3. The topological polar surface area (TPSA) is 90.4 Å². The third kappa shape index (κ3) is 8.86. The van der Waals surface area contributed by atoms with E-state index in [0.717, 1.165) is 30.0 Å². The number of ether oxygens (including phenoxy) is 1. The molecule has 3 aromatic rings. The molecule has 11 heteroatoms. The van der Waals surface area contributed by atoms with E-state index in [2.05, 4.69) is 21.7 Å². The van der Waals surface area contributed by atoms with Gasteiger partial charge in [0.1, 0.15) is 5.75 Å². The maximum Gasteiger partial charge on any atom is 0.291 e. The van der Waals surface area contributed by atoms with Gasteiger partial charge in [0, 0.05) is 29.1 Å². The van der Waals surface area contributed by atoms with Crippen LogP contribution in [-0.4, -0.2) is 32.2 Å². The smallest absolute Gasteiger partial charge is 0.291 e. The van der Waals surface area contributed by atoms with Gasteiger partial charge in [-0.2, -0.15) is 0 Å². The highest BCUT2D eigenvalue weighted by atomic mass is 35.5. The fraction of sp³-hybridized carbons (Fsp3) is 0.250. The van der Waals surface area contributed by atoms with Gasteiger partial charge in [-0.3, -0.25) is 0 Å². The Bertz CT molecular complexity index is 969. The van der Waals surface area contributed by atoms with E-state index >= 15 is 0 Å². The van der Waals surface area contributed by atoms with E-state index in [1.54, 1.807) is 31.1 Å². The van der Waals surface area contributed by atoms with E-state index in [9.17, 15) is 0 Å². The van der Waals surface area contributed by atoms with Gasteiger partial charge >= 0.3 is 0 Å². The Kier molecular flexibility index (Phi) is 10.3. The second-order valence-corrected chi connectivity index (χ2v) is 8.88. The highest BCUT2D eigenvalue weighted by molar-refractivity contribution is 8.00.